The topological polar surface area (TPSA) is 71.1 Å². The van der Waals surface area contributed by atoms with Crippen molar-refractivity contribution in [2.45, 2.75) is 32.4 Å². The van der Waals surface area contributed by atoms with Crippen LogP contribution in [0.3, 0.4) is 0 Å². The third-order valence-electron chi connectivity index (χ3n) is 4.66. The molecule has 1 N–H and O–H groups in total. The van der Waals surface area contributed by atoms with E-state index in [0.717, 1.165) is 42.0 Å². The molecule has 3 heterocycles. The van der Waals surface area contributed by atoms with Crippen molar-refractivity contribution in [3.8, 4) is 0 Å². The van der Waals surface area contributed by atoms with Crippen LogP contribution in [0.2, 0.25) is 0 Å². The van der Waals surface area contributed by atoms with Crippen molar-refractivity contribution < 1.29 is 9.53 Å². The van der Waals surface area contributed by atoms with Gasteiger partial charge in [-0.05, 0) is 50.1 Å². The van der Waals surface area contributed by atoms with Crippen LogP contribution in [0.5, 0.6) is 0 Å². The molecule has 1 amide bonds. The van der Waals surface area contributed by atoms with Crippen molar-refractivity contribution in [2.75, 3.05) is 13.2 Å². The van der Waals surface area contributed by atoms with E-state index >= 15 is 0 Å². The van der Waals surface area contributed by atoms with Crippen molar-refractivity contribution in [2.24, 2.45) is 0 Å². The van der Waals surface area contributed by atoms with Crippen LogP contribution in [-0.2, 0) is 11.3 Å². The van der Waals surface area contributed by atoms with Crippen LogP contribution in [-0.4, -0.2) is 45.0 Å². The van der Waals surface area contributed by atoms with E-state index in [1.165, 1.54) is 0 Å². The molecule has 1 atom stereocenters. The van der Waals surface area contributed by atoms with Gasteiger partial charge in [0.2, 0.25) is 0 Å². The Hall–Kier alpha value is -2.73. The average molecular weight is 350 g/mol. The average Bonchev–Trinajstić information content (AvgIpc) is 3.29. The first kappa shape index (κ1) is 16.7. The van der Waals surface area contributed by atoms with E-state index < -0.39 is 0 Å². The number of carbonyl (C=O) groups is 1. The van der Waals surface area contributed by atoms with Gasteiger partial charge in [-0.25, -0.2) is 4.98 Å². The van der Waals surface area contributed by atoms with Crippen LogP contribution >= 0.6 is 0 Å². The molecule has 2 aromatic heterocycles. The molecule has 6 heteroatoms. The number of hydrogen-bond acceptors (Lipinski definition) is 4. The van der Waals surface area contributed by atoms with Gasteiger partial charge in [0.05, 0.1) is 29.4 Å². The summed E-state index contributed by atoms with van der Waals surface area (Å²) < 4.78 is 5.75. The van der Waals surface area contributed by atoms with Gasteiger partial charge in [-0.3, -0.25) is 9.78 Å². The minimum absolute atomic E-state index is 0.0136. The van der Waals surface area contributed by atoms with Crippen LogP contribution in [0.1, 0.15) is 34.7 Å². The third kappa shape index (κ3) is 3.60. The zero-order chi connectivity index (χ0) is 17.9. The van der Waals surface area contributed by atoms with Crippen molar-refractivity contribution in [1.82, 2.24) is 19.9 Å². The first-order chi connectivity index (χ1) is 12.7. The molecular weight excluding hydrogens is 328 g/mol. The fourth-order valence-corrected chi connectivity index (χ4v) is 3.39. The zero-order valence-electron chi connectivity index (χ0n) is 14.8. The van der Waals surface area contributed by atoms with Crippen molar-refractivity contribution >= 4 is 16.9 Å². The monoisotopic (exact) mass is 350 g/mol. The van der Waals surface area contributed by atoms with Gasteiger partial charge in [0.25, 0.3) is 5.91 Å². The number of aromatic amines is 1. The maximum atomic E-state index is 13.2. The number of fused-ring (bicyclic) bond motifs is 1. The molecule has 0 aliphatic carbocycles. The molecule has 6 nitrogen and oxygen atoms in total. The quantitative estimate of drug-likeness (QED) is 0.768. The Labute approximate surface area is 152 Å². The summed E-state index contributed by atoms with van der Waals surface area (Å²) >= 11 is 0. The molecular formula is C20H22N4O2. The molecule has 0 bridgehead atoms. The van der Waals surface area contributed by atoms with Gasteiger partial charge in [-0.2, -0.15) is 0 Å². The van der Waals surface area contributed by atoms with E-state index in [0.29, 0.717) is 18.7 Å². The number of carbonyl (C=O) groups excluding carboxylic acids is 1. The Morgan fingerprint density at radius 3 is 3.04 bits per heavy atom. The molecule has 0 radical (unpaired) electrons. The number of aromatic nitrogens is 3. The standard InChI is InChI=1S/C20H22N4O2/c1-14-22-18-8-7-15(11-19(18)23-14)20(25)24(13-17-6-4-10-26-17)12-16-5-2-3-9-21-16/h2-3,5,7-9,11,17H,4,6,10,12-13H2,1H3,(H,22,23). The van der Waals surface area contributed by atoms with Crippen LogP contribution in [0.25, 0.3) is 11.0 Å². The predicted octanol–water partition coefficient (Wildman–Crippen LogP) is 3.09. The number of aryl methyl sites for hydroxylation is 1. The second kappa shape index (κ2) is 7.25. The Morgan fingerprint density at radius 1 is 1.35 bits per heavy atom. The van der Waals surface area contributed by atoms with E-state index in [-0.39, 0.29) is 12.0 Å². The molecule has 1 saturated heterocycles. The van der Waals surface area contributed by atoms with E-state index in [1.807, 2.05) is 48.2 Å². The number of hydrogen-bond donors (Lipinski definition) is 1. The van der Waals surface area contributed by atoms with E-state index in [1.54, 1.807) is 6.20 Å². The van der Waals surface area contributed by atoms with Crippen molar-refractivity contribution in [1.29, 1.82) is 0 Å². The lowest BCUT2D eigenvalue weighted by molar-refractivity contribution is 0.0504. The summed E-state index contributed by atoms with van der Waals surface area (Å²) in [4.78, 5) is 27.0. The number of nitrogens with one attached hydrogen (secondary N) is 1. The molecule has 1 aromatic carbocycles. The van der Waals surface area contributed by atoms with Crippen LogP contribution in [0.15, 0.2) is 42.6 Å². The summed E-state index contributed by atoms with van der Waals surface area (Å²) in [6.45, 7) is 3.73. The first-order valence-electron chi connectivity index (χ1n) is 8.96. The maximum Gasteiger partial charge on any atom is 0.254 e. The summed E-state index contributed by atoms with van der Waals surface area (Å²) in [6.07, 6.45) is 3.89. The van der Waals surface area contributed by atoms with Gasteiger partial charge in [0, 0.05) is 24.9 Å². The van der Waals surface area contributed by atoms with E-state index in [9.17, 15) is 4.79 Å². The number of H-pyrrole nitrogens is 1. The number of pyridine rings is 1. The van der Waals surface area contributed by atoms with Crippen molar-refractivity contribution in [3.63, 3.8) is 0 Å². The van der Waals surface area contributed by atoms with E-state index in [4.69, 9.17) is 4.74 Å². The van der Waals surface area contributed by atoms with Gasteiger partial charge in [-0.1, -0.05) is 6.07 Å². The Balaban J connectivity index is 1.60. The molecule has 1 aliphatic heterocycles. The number of benzene rings is 1. The lowest BCUT2D eigenvalue weighted by atomic mass is 10.1. The predicted molar refractivity (Wildman–Crippen MR) is 98.8 cm³/mol. The number of rotatable bonds is 5. The van der Waals surface area contributed by atoms with E-state index in [2.05, 4.69) is 15.0 Å². The van der Waals surface area contributed by atoms with Crippen LogP contribution in [0, 0.1) is 6.92 Å². The fourth-order valence-electron chi connectivity index (χ4n) is 3.39. The molecule has 26 heavy (non-hydrogen) atoms. The summed E-state index contributed by atoms with van der Waals surface area (Å²) in [5.74, 6) is 0.828. The summed E-state index contributed by atoms with van der Waals surface area (Å²) in [5, 5.41) is 0. The zero-order valence-corrected chi connectivity index (χ0v) is 14.8. The van der Waals surface area contributed by atoms with Gasteiger partial charge in [0.15, 0.2) is 0 Å². The molecule has 3 aromatic rings. The molecule has 1 fully saturated rings. The normalized spacial score (nSPS) is 16.9. The minimum Gasteiger partial charge on any atom is -0.376 e. The smallest absolute Gasteiger partial charge is 0.254 e. The second-order valence-corrected chi connectivity index (χ2v) is 6.70. The Kier molecular flexibility index (Phi) is 4.67. The molecule has 134 valence electrons. The molecule has 0 saturated carbocycles. The van der Waals surface area contributed by atoms with Gasteiger partial charge in [-0.15, -0.1) is 0 Å². The lowest BCUT2D eigenvalue weighted by Gasteiger charge is -2.25. The second-order valence-electron chi connectivity index (χ2n) is 6.70. The highest BCUT2D eigenvalue weighted by molar-refractivity contribution is 5.97. The number of nitrogens with zero attached hydrogens (tertiary/aromatic N) is 3. The third-order valence-corrected chi connectivity index (χ3v) is 4.66. The minimum atomic E-state index is -0.0136. The van der Waals surface area contributed by atoms with Crippen LogP contribution in [0.4, 0.5) is 0 Å². The SMILES string of the molecule is Cc1nc2ccc(C(=O)N(Cc3ccccn3)CC3CCCO3)cc2[nH]1. The summed E-state index contributed by atoms with van der Waals surface area (Å²) in [6, 6.07) is 11.4. The maximum absolute atomic E-state index is 13.2. The summed E-state index contributed by atoms with van der Waals surface area (Å²) in [7, 11) is 0. The number of ether oxygens (including phenoxy) is 1. The molecule has 4 rings (SSSR count). The van der Waals surface area contributed by atoms with Gasteiger partial charge < -0.3 is 14.6 Å². The van der Waals surface area contributed by atoms with Crippen molar-refractivity contribution in [3.05, 3.63) is 59.7 Å². The highest BCUT2D eigenvalue weighted by Crippen LogP contribution is 2.19. The molecule has 0 spiro atoms. The van der Waals surface area contributed by atoms with Gasteiger partial charge >= 0.3 is 0 Å². The highest BCUT2D eigenvalue weighted by Gasteiger charge is 2.24. The fraction of sp³-hybridized carbons (Fsp3) is 0.350. The largest absolute Gasteiger partial charge is 0.376 e. The first-order valence-corrected chi connectivity index (χ1v) is 8.96. The number of amides is 1. The number of imidazole rings is 1. The Bertz CT molecular complexity index is 901. The highest BCUT2D eigenvalue weighted by atomic mass is 16.5. The van der Waals surface area contributed by atoms with Gasteiger partial charge in [0.1, 0.15) is 5.82 Å². The molecule has 1 aliphatic rings. The lowest BCUT2D eigenvalue weighted by Crippen LogP contribution is -2.37. The molecule has 1 unspecified atom stereocenters. The summed E-state index contributed by atoms with van der Waals surface area (Å²) in [5.41, 5.74) is 3.27. The Morgan fingerprint density at radius 2 is 2.27 bits per heavy atom. The van der Waals surface area contributed by atoms with Crippen LogP contribution < -0.4 is 0 Å².